The van der Waals surface area contributed by atoms with Crippen LogP contribution in [0.2, 0.25) is 0 Å². The molecule has 3 N–H and O–H groups in total. The minimum atomic E-state index is 0.221. The Kier molecular flexibility index (Phi) is 3.94. The van der Waals surface area contributed by atoms with Gasteiger partial charge in [0.2, 0.25) is 0 Å². The van der Waals surface area contributed by atoms with E-state index >= 15 is 0 Å². The van der Waals surface area contributed by atoms with E-state index in [0.29, 0.717) is 5.92 Å². The minimum Gasteiger partial charge on any atom is -0.323 e. The van der Waals surface area contributed by atoms with Gasteiger partial charge < -0.3 is 11.1 Å². The van der Waals surface area contributed by atoms with E-state index in [-0.39, 0.29) is 6.04 Å². The molecule has 0 amide bonds. The normalized spacial score (nSPS) is 25.9. The van der Waals surface area contributed by atoms with Gasteiger partial charge in [0.15, 0.2) is 0 Å². The maximum Gasteiger partial charge on any atom is 0.0354 e. The molecular formula is C11H22N2. The topological polar surface area (TPSA) is 38.0 Å². The van der Waals surface area contributed by atoms with E-state index in [2.05, 4.69) is 32.2 Å². The standard InChI is InChI=1S/C11H22N2/c1-8(2)4-9(3)10-5-11(12)7-13-6-10/h5,8-9,11,13H,4,6-7,12H2,1-3H3. The van der Waals surface area contributed by atoms with Gasteiger partial charge >= 0.3 is 0 Å². The minimum absolute atomic E-state index is 0.221. The molecule has 0 saturated carbocycles. The highest BCUT2D eigenvalue weighted by Crippen LogP contribution is 2.20. The van der Waals surface area contributed by atoms with Crippen molar-refractivity contribution in [3.63, 3.8) is 0 Å². The molecular weight excluding hydrogens is 160 g/mol. The molecule has 0 aromatic rings. The van der Waals surface area contributed by atoms with Crippen molar-refractivity contribution in [1.82, 2.24) is 5.32 Å². The van der Waals surface area contributed by atoms with Gasteiger partial charge in [-0.05, 0) is 18.3 Å². The first-order chi connectivity index (χ1) is 6.09. The molecule has 0 aromatic carbocycles. The highest BCUT2D eigenvalue weighted by atomic mass is 14.9. The zero-order valence-corrected chi connectivity index (χ0v) is 9.01. The molecule has 0 fully saturated rings. The summed E-state index contributed by atoms with van der Waals surface area (Å²) in [7, 11) is 0. The summed E-state index contributed by atoms with van der Waals surface area (Å²) >= 11 is 0. The van der Waals surface area contributed by atoms with Crippen molar-refractivity contribution in [2.45, 2.75) is 33.2 Å². The van der Waals surface area contributed by atoms with Crippen LogP contribution in [0.1, 0.15) is 27.2 Å². The van der Waals surface area contributed by atoms with Crippen molar-refractivity contribution in [1.29, 1.82) is 0 Å². The van der Waals surface area contributed by atoms with Gasteiger partial charge in [-0.25, -0.2) is 0 Å². The fourth-order valence-corrected chi connectivity index (χ4v) is 1.97. The summed E-state index contributed by atoms with van der Waals surface area (Å²) in [4.78, 5) is 0. The maximum absolute atomic E-state index is 5.85. The van der Waals surface area contributed by atoms with Crippen LogP contribution in [0.25, 0.3) is 0 Å². The SMILES string of the molecule is CC(C)CC(C)C1=CC(N)CNC1. The second-order valence-electron chi connectivity index (χ2n) is 4.57. The van der Waals surface area contributed by atoms with Crippen molar-refractivity contribution >= 4 is 0 Å². The van der Waals surface area contributed by atoms with Crippen molar-refractivity contribution < 1.29 is 0 Å². The van der Waals surface area contributed by atoms with Crippen LogP contribution in [0.3, 0.4) is 0 Å². The third-order valence-corrected chi connectivity index (χ3v) is 2.60. The van der Waals surface area contributed by atoms with Crippen LogP contribution in [0.4, 0.5) is 0 Å². The molecule has 2 heteroatoms. The fraction of sp³-hybridized carbons (Fsp3) is 0.818. The lowest BCUT2D eigenvalue weighted by molar-refractivity contribution is 0.462. The van der Waals surface area contributed by atoms with Gasteiger partial charge in [0.1, 0.15) is 0 Å². The molecule has 0 saturated heterocycles. The van der Waals surface area contributed by atoms with Crippen LogP contribution in [0, 0.1) is 11.8 Å². The summed E-state index contributed by atoms with van der Waals surface area (Å²) in [6.07, 6.45) is 3.50. The van der Waals surface area contributed by atoms with Crippen LogP contribution in [0.15, 0.2) is 11.6 Å². The van der Waals surface area contributed by atoms with Gasteiger partial charge in [-0.3, -0.25) is 0 Å². The molecule has 1 aliphatic rings. The van der Waals surface area contributed by atoms with Gasteiger partial charge in [-0.15, -0.1) is 0 Å². The van der Waals surface area contributed by atoms with E-state index in [9.17, 15) is 0 Å². The molecule has 1 heterocycles. The highest BCUT2D eigenvalue weighted by molar-refractivity contribution is 5.15. The first kappa shape index (κ1) is 10.7. The van der Waals surface area contributed by atoms with Crippen LogP contribution in [-0.2, 0) is 0 Å². The second kappa shape index (κ2) is 4.77. The predicted molar refractivity (Wildman–Crippen MR) is 57.5 cm³/mol. The van der Waals surface area contributed by atoms with Gasteiger partial charge in [0.25, 0.3) is 0 Å². The number of nitrogens with two attached hydrogens (primary N) is 1. The Morgan fingerprint density at radius 3 is 2.77 bits per heavy atom. The third-order valence-electron chi connectivity index (χ3n) is 2.60. The number of nitrogens with one attached hydrogen (secondary N) is 1. The summed E-state index contributed by atoms with van der Waals surface area (Å²) in [5.41, 5.74) is 7.35. The molecule has 0 spiro atoms. The first-order valence-corrected chi connectivity index (χ1v) is 5.26. The zero-order valence-electron chi connectivity index (χ0n) is 9.01. The van der Waals surface area contributed by atoms with Crippen molar-refractivity contribution in [3.05, 3.63) is 11.6 Å². The Morgan fingerprint density at radius 2 is 2.23 bits per heavy atom. The van der Waals surface area contributed by atoms with Crippen LogP contribution >= 0.6 is 0 Å². The Hall–Kier alpha value is -0.340. The summed E-state index contributed by atoms with van der Waals surface area (Å²) in [5, 5.41) is 3.35. The lowest BCUT2D eigenvalue weighted by Crippen LogP contribution is -2.39. The summed E-state index contributed by atoms with van der Waals surface area (Å²) in [6, 6.07) is 0.221. The fourth-order valence-electron chi connectivity index (χ4n) is 1.97. The third kappa shape index (κ3) is 3.49. The Balaban J connectivity index is 2.49. The first-order valence-electron chi connectivity index (χ1n) is 5.26. The van der Waals surface area contributed by atoms with Crippen LogP contribution < -0.4 is 11.1 Å². The van der Waals surface area contributed by atoms with E-state index < -0.39 is 0 Å². The molecule has 76 valence electrons. The highest BCUT2D eigenvalue weighted by Gasteiger charge is 2.15. The van der Waals surface area contributed by atoms with E-state index in [1.165, 1.54) is 12.0 Å². The molecule has 2 atom stereocenters. The van der Waals surface area contributed by atoms with Gasteiger partial charge in [-0.2, -0.15) is 0 Å². The number of rotatable bonds is 3. The molecule has 0 bridgehead atoms. The summed E-state index contributed by atoms with van der Waals surface area (Å²) < 4.78 is 0. The van der Waals surface area contributed by atoms with E-state index in [0.717, 1.165) is 19.0 Å². The Bertz CT molecular complexity index is 185. The maximum atomic E-state index is 5.85. The molecule has 2 nitrogen and oxygen atoms in total. The average Bonchev–Trinajstić information content (AvgIpc) is 2.03. The van der Waals surface area contributed by atoms with Crippen molar-refractivity contribution in [2.75, 3.05) is 13.1 Å². The van der Waals surface area contributed by atoms with Gasteiger partial charge in [0, 0.05) is 19.1 Å². The predicted octanol–water partition coefficient (Wildman–Crippen LogP) is 1.53. The largest absolute Gasteiger partial charge is 0.323 e. The average molecular weight is 182 g/mol. The number of hydrogen-bond donors (Lipinski definition) is 2. The second-order valence-corrected chi connectivity index (χ2v) is 4.57. The van der Waals surface area contributed by atoms with Crippen LogP contribution in [-0.4, -0.2) is 19.1 Å². The smallest absolute Gasteiger partial charge is 0.0354 e. The zero-order chi connectivity index (χ0) is 9.84. The van der Waals surface area contributed by atoms with Gasteiger partial charge in [0.05, 0.1) is 0 Å². The lowest BCUT2D eigenvalue weighted by atomic mass is 9.89. The Morgan fingerprint density at radius 1 is 1.54 bits per heavy atom. The molecule has 0 radical (unpaired) electrons. The quantitative estimate of drug-likeness (QED) is 0.650. The van der Waals surface area contributed by atoms with Crippen molar-refractivity contribution in [2.24, 2.45) is 17.6 Å². The van der Waals surface area contributed by atoms with Crippen LogP contribution in [0.5, 0.6) is 0 Å². The van der Waals surface area contributed by atoms with E-state index in [1.807, 2.05) is 0 Å². The Labute approximate surface area is 81.6 Å². The molecule has 13 heavy (non-hydrogen) atoms. The summed E-state index contributed by atoms with van der Waals surface area (Å²) in [6.45, 7) is 8.80. The molecule has 0 aliphatic carbocycles. The molecule has 1 rings (SSSR count). The number of hydrogen-bond acceptors (Lipinski definition) is 2. The van der Waals surface area contributed by atoms with Crippen molar-refractivity contribution in [3.8, 4) is 0 Å². The lowest BCUT2D eigenvalue weighted by Gasteiger charge is -2.24. The van der Waals surface area contributed by atoms with E-state index in [1.54, 1.807) is 0 Å². The monoisotopic (exact) mass is 182 g/mol. The van der Waals surface area contributed by atoms with Gasteiger partial charge in [-0.1, -0.05) is 32.4 Å². The molecule has 2 unspecified atom stereocenters. The molecule has 1 aliphatic heterocycles. The molecule has 0 aromatic heterocycles. The van der Waals surface area contributed by atoms with E-state index in [4.69, 9.17) is 5.73 Å². The summed E-state index contributed by atoms with van der Waals surface area (Å²) in [5.74, 6) is 1.45.